The molecule has 3 rings (SSSR count). The molecule has 0 spiro atoms. The number of carbonyl (C=O) groups excluding carboxylic acids is 1. The van der Waals surface area contributed by atoms with E-state index in [1.165, 1.54) is 0 Å². The number of rotatable bonds is 4. The van der Waals surface area contributed by atoms with E-state index >= 15 is 0 Å². The van der Waals surface area contributed by atoms with Crippen LogP contribution in [0.5, 0.6) is 0 Å². The summed E-state index contributed by atoms with van der Waals surface area (Å²) in [6, 6.07) is 7.08. The van der Waals surface area contributed by atoms with Gasteiger partial charge in [-0.1, -0.05) is 29.3 Å². The monoisotopic (exact) mass is 389 g/mol. The van der Waals surface area contributed by atoms with Crippen LogP contribution in [-0.2, 0) is 4.79 Å². The molecule has 1 N–H and O–H groups in total. The molecule has 0 saturated heterocycles. The smallest absolute Gasteiger partial charge is 0.239 e. The number of hydrogen-bond donors (Lipinski definition) is 1. The highest BCUT2D eigenvalue weighted by molar-refractivity contribution is 6.39. The van der Waals surface area contributed by atoms with E-state index in [-0.39, 0.29) is 12.5 Å². The number of anilines is 1. The van der Waals surface area contributed by atoms with Gasteiger partial charge < -0.3 is 10.2 Å². The van der Waals surface area contributed by atoms with Crippen LogP contribution in [-0.4, -0.2) is 46.4 Å². The van der Waals surface area contributed by atoms with Crippen molar-refractivity contribution in [2.45, 2.75) is 6.92 Å². The van der Waals surface area contributed by atoms with Crippen molar-refractivity contribution in [2.24, 2.45) is 0 Å². The molecule has 0 saturated carbocycles. The SMILES string of the molecule is Cc1ncc2cc(-c3c(Cl)cccc3Cl)c(NC(=O)CN(C)C)nc2n1. The Morgan fingerprint density at radius 1 is 1.19 bits per heavy atom. The molecule has 1 amide bonds. The van der Waals surface area contributed by atoms with E-state index in [4.69, 9.17) is 23.2 Å². The van der Waals surface area contributed by atoms with Crippen LogP contribution < -0.4 is 5.32 Å². The molecule has 0 aliphatic carbocycles. The van der Waals surface area contributed by atoms with E-state index in [0.717, 1.165) is 5.39 Å². The highest BCUT2D eigenvalue weighted by Gasteiger charge is 2.18. The lowest BCUT2D eigenvalue weighted by Crippen LogP contribution is -2.27. The minimum absolute atomic E-state index is 0.197. The van der Waals surface area contributed by atoms with Gasteiger partial charge in [0.25, 0.3) is 0 Å². The van der Waals surface area contributed by atoms with Crippen molar-refractivity contribution in [2.75, 3.05) is 26.0 Å². The summed E-state index contributed by atoms with van der Waals surface area (Å²) < 4.78 is 0. The predicted octanol–water partition coefficient (Wildman–Crippen LogP) is 3.81. The molecule has 2 heterocycles. The summed E-state index contributed by atoms with van der Waals surface area (Å²) in [5.41, 5.74) is 1.71. The van der Waals surface area contributed by atoms with E-state index in [9.17, 15) is 4.79 Å². The Morgan fingerprint density at radius 2 is 1.88 bits per heavy atom. The van der Waals surface area contributed by atoms with Crippen molar-refractivity contribution in [3.63, 3.8) is 0 Å². The third-order valence-corrected chi connectivity index (χ3v) is 4.27. The normalized spacial score (nSPS) is 11.2. The average molecular weight is 390 g/mol. The van der Waals surface area contributed by atoms with Gasteiger partial charge in [0.05, 0.1) is 16.6 Å². The minimum Gasteiger partial charge on any atom is -0.309 e. The van der Waals surface area contributed by atoms with E-state index in [2.05, 4.69) is 20.3 Å². The first-order valence-corrected chi connectivity index (χ1v) is 8.64. The third kappa shape index (κ3) is 3.93. The highest BCUT2D eigenvalue weighted by Crippen LogP contribution is 2.39. The average Bonchev–Trinajstić information content (AvgIpc) is 2.54. The molecule has 26 heavy (non-hydrogen) atoms. The lowest BCUT2D eigenvalue weighted by Gasteiger charge is -2.15. The molecule has 0 atom stereocenters. The van der Waals surface area contributed by atoms with Gasteiger partial charge >= 0.3 is 0 Å². The fourth-order valence-corrected chi connectivity index (χ4v) is 3.15. The first-order valence-electron chi connectivity index (χ1n) is 7.88. The van der Waals surface area contributed by atoms with Crippen LogP contribution in [0.4, 0.5) is 5.82 Å². The third-order valence-electron chi connectivity index (χ3n) is 3.64. The minimum atomic E-state index is -0.197. The number of halogens is 2. The van der Waals surface area contributed by atoms with Crippen LogP contribution in [0.3, 0.4) is 0 Å². The summed E-state index contributed by atoms with van der Waals surface area (Å²) >= 11 is 12.7. The van der Waals surface area contributed by atoms with E-state index < -0.39 is 0 Å². The fraction of sp³-hybridized carbons (Fsp3) is 0.222. The maximum atomic E-state index is 12.3. The topological polar surface area (TPSA) is 71.0 Å². The molecule has 3 aromatic rings. The highest BCUT2D eigenvalue weighted by atomic mass is 35.5. The second kappa shape index (κ2) is 7.53. The lowest BCUT2D eigenvalue weighted by molar-refractivity contribution is -0.116. The standard InChI is InChI=1S/C18H17Cl2N5O/c1-10-21-8-11-7-12(16-13(19)5-4-6-14(16)20)18(24-17(11)22-10)23-15(26)9-25(2)3/h4-8H,9H2,1-3H3,(H,21,22,23,24,26). The van der Waals surface area contributed by atoms with E-state index in [1.807, 2.05) is 20.2 Å². The van der Waals surface area contributed by atoms with Gasteiger partial charge in [0.1, 0.15) is 11.6 Å². The zero-order chi connectivity index (χ0) is 18.8. The lowest BCUT2D eigenvalue weighted by atomic mass is 10.0. The van der Waals surface area contributed by atoms with Gasteiger partial charge in [-0.05, 0) is 39.2 Å². The first-order chi connectivity index (χ1) is 12.3. The summed E-state index contributed by atoms with van der Waals surface area (Å²) in [6.07, 6.45) is 1.68. The molecule has 8 heteroatoms. The fourth-order valence-electron chi connectivity index (χ4n) is 2.55. The zero-order valence-electron chi connectivity index (χ0n) is 14.5. The van der Waals surface area contributed by atoms with Crippen molar-refractivity contribution in [3.05, 3.63) is 46.3 Å². The Bertz CT molecular complexity index is 970. The number of benzene rings is 1. The van der Waals surface area contributed by atoms with Crippen LogP contribution in [0.1, 0.15) is 5.82 Å². The zero-order valence-corrected chi connectivity index (χ0v) is 16.1. The maximum absolute atomic E-state index is 12.3. The van der Waals surface area contributed by atoms with Gasteiger partial charge in [-0.25, -0.2) is 15.0 Å². The summed E-state index contributed by atoms with van der Waals surface area (Å²) in [4.78, 5) is 27.1. The Hall–Kier alpha value is -2.28. The molecular formula is C18H17Cl2N5O. The van der Waals surface area contributed by atoms with Gasteiger partial charge in [0.15, 0.2) is 5.65 Å². The summed E-state index contributed by atoms with van der Waals surface area (Å²) in [5, 5.41) is 4.50. The predicted molar refractivity (Wildman–Crippen MR) is 105 cm³/mol. The van der Waals surface area contributed by atoms with Gasteiger partial charge in [0, 0.05) is 22.7 Å². The molecule has 2 aromatic heterocycles. The molecule has 134 valence electrons. The van der Waals surface area contributed by atoms with Crippen molar-refractivity contribution in [3.8, 4) is 11.1 Å². The number of amides is 1. The molecule has 0 aliphatic heterocycles. The molecule has 6 nitrogen and oxygen atoms in total. The van der Waals surface area contributed by atoms with Gasteiger partial charge in [-0.2, -0.15) is 0 Å². The molecule has 0 radical (unpaired) electrons. The van der Waals surface area contributed by atoms with Gasteiger partial charge in [0.2, 0.25) is 5.91 Å². The van der Waals surface area contributed by atoms with Gasteiger partial charge in [-0.3, -0.25) is 4.79 Å². The van der Waals surface area contributed by atoms with Crippen LogP contribution in [0.15, 0.2) is 30.5 Å². The number of likely N-dealkylation sites (N-methyl/N-ethyl adjacent to an activating group) is 1. The first kappa shape index (κ1) is 18.5. The molecule has 1 aromatic carbocycles. The number of carbonyl (C=O) groups is 1. The number of nitrogens with one attached hydrogen (secondary N) is 1. The number of hydrogen-bond acceptors (Lipinski definition) is 5. The second-order valence-corrected chi connectivity index (χ2v) is 6.91. The van der Waals surface area contributed by atoms with Crippen molar-refractivity contribution >= 4 is 46.0 Å². The summed E-state index contributed by atoms with van der Waals surface area (Å²) in [7, 11) is 3.63. The van der Waals surface area contributed by atoms with Crippen molar-refractivity contribution < 1.29 is 4.79 Å². The van der Waals surface area contributed by atoms with Crippen LogP contribution >= 0.6 is 23.2 Å². The largest absolute Gasteiger partial charge is 0.309 e. The van der Waals surface area contributed by atoms with E-state index in [0.29, 0.717) is 38.5 Å². The summed E-state index contributed by atoms with van der Waals surface area (Å²) in [5.74, 6) is 0.758. The van der Waals surface area contributed by atoms with Crippen molar-refractivity contribution in [1.82, 2.24) is 19.9 Å². The molecule has 0 unspecified atom stereocenters. The molecule has 0 bridgehead atoms. The number of aromatic nitrogens is 3. The Morgan fingerprint density at radius 3 is 2.54 bits per heavy atom. The van der Waals surface area contributed by atoms with Crippen LogP contribution in [0.25, 0.3) is 22.2 Å². The number of nitrogens with zero attached hydrogens (tertiary/aromatic N) is 4. The number of pyridine rings is 1. The number of fused-ring (bicyclic) bond motifs is 1. The molecular weight excluding hydrogens is 373 g/mol. The van der Waals surface area contributed by atoms with Crippen molar-refractivity contribution in [1.29, 1.82) is 0 Å². The molecule has 0 fully saturated rings. The Kier molecular flexibility index (Phi) is 5.36. The quantitative estimate of drug-likeness (QED) is 0.734. The Balaban J connectivity index is 2.20. The van der Waals surface area contributed by atoms with E-state index in [1.54, 1.807) is 36.2 Å². The van der Waals surface area contributed by atoms with Crippen LogP contribution in [0, 0.1) is 6.92 Å². The molecule has 0 aliphatic rings. The number of aryl methyl sites for hydroxylation is 1. The Labute approximate surface area is 161 Å². The summed E-state index contributed by atoms with van der Waals surface area (Å²) in [6.45, 7) is 2.00. The van der Waals surface area contributed by atoms with Gasteiger partial charge in [-0.15, -0.1) is 0 Å². The van der Waals surface area contributed by atoms with Crippen LogP contribution in [0.2, 0.25) is 10.0 Å². The maximum Gasteiger partial charge on any atom is 0.239 e. The second-order valence-electron chi connectivity index (χ2n) is 6.10.